The molecule has 144 valence electrons. The highest BCUT2D eigenvalue weighted by Crippen LogP contribution is 2.27. The van der Waals surface area contributed by atoms with E-state index in [2.05, 4.69) is 22.1 Å². The fraction of sp³-hybridized carbons (Fsp3) is 0.150. The van der Waals surface area contributed by atoms with E-state index in [-0.39, 0.29) is 11.7 Å². The van der Waals surface area contributed by atoms with Gasteiger partial charge in [0.05, 0.1) is 5.25 Å². The Morgan fingerprint density at radius 2 is 1.93 bits per heavy atom. The molecule has 1 heterocycles. The van der Waals surface area contributed by atoms with Crippen molar-refractivity contribution in [1.82, 2.24) is 14.8 Å². The van der Waals surface area contributed by atoms with Crippen LogP contribution in [-0.2, 0) is 11.3 Å². The zero-order valence-electron chi connectivity index (χ0n) is 15.1. The SMILES string of the molecule is C=CCn1c(S[C@H](C)C(=O)Nc2ccc(Cl)cc2)nnc1-c1ccc(F)cc1. The molecular weight excluding hydrogens is 399 g/mol. The number of anilines is 1. The summed E-state index contributed by atoms with van der Waals surface area (Å²) in [7, 11) is 0. The van der Waals surface area contributed by atoms with E-state index >= 15 is 0 Å². The number of aromatic nitrogens is 3. The van der Waals surface area contributed by atoms with Gasteiger partial charge in [-0.2, -0.15) is 0 Å². The first kappa shape index (κ1) is 20.1. The molecule has 0 aliphatic carbocycles. The molecule has 28 heavy (non-hydrogen) atoms. The summed E-state index contributed by atoms with van der Waals surface area (Å²) >= 11 is 7.15. The molecule has 0 saturated heterocycles. The maximum Gasteiger partial charge on any atom is 0.237 e. The van der Waals surface area contributed by atoms with E-state index in [1.807, 2.05) is 4.57 Å². The van der Waals surface area contributed by atoms with Crippen LogP contribution in [0, 0.1) is 5.82 Å². The monoisotopic (exact) mass is 416 g/mol. The molecule has 0 aliphatic rings. The lowest BCUT2D eigenvalue weighted by atomic mass is 10.2. The average Bonchev–Trinajstić information content (AvgIpc) is 3.07. The molecule has 5 nitrogen and oxygen atoms in total. The number of thioether (sulfide) groups is 1. The summed E-state index contributed by atoms with van der Waals surface area (Å²) in [6.07, 6.45) is 1.72. The lowest BCUT2D eigenvalue weighted by Crippen LogP contribution is -2.22. The molecule has 1 amide bonds. The van der Waals surface area contributed by atoms with Crippen LogP contribution >= 0.6 is 23.4 Å². The van der Waals surface area contributed by atoms with Gasteiger partial charge in [0.15, 0.2) is 11.0 Å². The Morgan fingerprint density at radius 1 is 1.25 bits per heavy atom. The first-order valence-corrected chi connectivity index (χ1v) is 9.77. The van der Waals surface area contributed by atoms with Crippen LogP contribution in [0.3, 0.4) is 0 Å². The molecule has 0 spiro atoms. The van der Waals surface area contributed by atoms with Crippen LogP contribution in [0.1, 0.15) is 6.92 Å². The van der Waals surface area contributed by atoms with Gasteiger partial charge >= 0.3 is 0 Å². The summed E-state index contributed by atoms with van der Waals surface area (Å²) in [5, 5.41) is 12.0. The summed E-state index contributed by atoms with van der Waals surface area (Å²) in [5.41, 5.74) is 1.40. The number of nitrogens with one attached hydrogen (secondary N) is 1. The van der Waals surface area contributed by atoms with Gasteiger partial charge in [0.25, 0.3) is 0 Å². The molecule has 8 heteroatoms. The molecule has 3 rings (SSSR count). The maximum absolute atomic E-state index is 13.2. The van der Waals surface area contributed by atoms with Gasteiger partial charge in [-0.3, -0.25) is 9.36 Å². The van der Waals surface area contributed by atoms with Crippen LogP contribution in [-0.4, -0.2) is 25.9 Å². The van der Waals surface area contributed by atoms with Gasteiger partial charge in [0, 0.05) is 22.8 Å². The van der Waals surface area contributed by atoms with Crippen LogP contribution in [0.5, 0.6) is 0 Å². The van der Waals surface area contributed by atoms with Crippen molar-refractivity contribution < 1.29 is 9.18 Å². The molecule has 0 bridgehead atoms. The van der Waals surface area contributed by atoms with Crippen molar-refractivity contribution in [2.45, 2.75) is 23.9 Å². The predicted octanol–water partition coefficient (Wildman–Crippen LogP) is 5.04. The van der Waals surface area contributed by atoms with Gasteiger partial charge < -0.3 is 5.32 Å². The Morgan fingerprint density at radius 3 is 2.57 bits per heavy atom. The summed E-state index contributed by atoms with van der Waals surface area (Å²) in [6, 6.07) is 12.9. The molecule has 3 aromatic rings. The van der Waals surface area contributed by atoms with Gasteiger partial charge in [0.2, 0.25) is 5.91 Å². The third-order valence-electron chi connectivity index (χ3n) is 3.89. The number of hydrogen-bond donors (Lipinski definition) is 1. The van der Waals surface area contributed by atoms with Crippen molar-refractivity contribution in [3.05, 3.63) is 72.0 Å². The smallest absolute Gasteiger partial charge is 0.237 e. The quantitative estimate of drug-likeness (QED) is 0.433. The number of halogens is 2. The third-order valence-corrected chi connectivity index (χ3v) is 5.23. The third kappa shape index (κ3) is 4.79. The Hall–Kier alpha value is -2.64. The number of rotatable bonds is 7. The fourth-order valence-electron chi connectivity index (χ4n) is 2.47. The standard InChI is InChI=1S/C20H18ClFN4OS/c1-3-12-26-18(14-4-8-16(22)9-5-14)24-25-20(26)28-13(2)19(27)23-17-10-6-15(21)7-11-17/h3-11,13H,1,12H2,2H3,(H,23,27)/t13-/m1/s1. The van der Waals surface area contributed by atoms with Crippen molar-refractivity contribution in [3.8, 4) is 11.4 Å². The zero-order valence-corrected chi connectivity index (χ0v) is 16.7. The minimum absolute atomic E-state index is 0.163. The Bertz CT molecular complexity index is 973. The minimum atomic E-state index is -0.412. The van der Waals surface area contributed by atoms with Crippen LogP contribution in [0.25, 0.3) is 11.4 Å². The second-order valence-electron chi connectivity index (χ2n) is 5.97. The van der Waals surface area contributed by atoms with Crippen molar-refractivity contribution in [2.24, 2.45) is 0 Å². The number of allylic oxidation sites excluding steroid dienone is 1. The van der Waals surface area contributed by atoms with E-state index in [4.69, 9.17) is 11.6 Å². The molecule has 0 unspecified atom stereocenters. The lowest BCUT2D eigenvalue weighted by Gasteiger charge is -2.13. The number of amides is 1. The number of benzene rings is 2. The molecular formula is C20H18ClFN4OS. The van der Waals surface area contributed by atoms with E-state index in [0.717, 1.165) is 5.56 Å². The number of carbonyl (C=O) groups excluding carboxylic acids is 1. The summed E-state index contributed by atoms with van der Waals surface area (Å²) in [5.74, 6) is 0.108. The van der Waals surface area contributed by atoms with E-state index in [0.29, 0.717) is 28.2 Å². The van der Waals surface area contributed by atoms with E-state index in [1.54, 1.807) is 49.4 Å². The van der Waals surface area contributed by atoms with Crippen LogP contribution < -0.4 is 5.32 Å². The summed E-state index contributed by atoms with van der Waals surface area (Å²) in [6.45, 7) is 6.02. The fourth-order valence-corrected chi connectivity index (χ4v) is 3.46. The highest BCUT2D eigenvalue weighted by atomic mass is 35.5. The number of carbonyl (C=O) groups is 1. The van der Waals surface area contributed by atoms with Crippen molar-refractivity contribution >= 4 is 35.0 Å². The summed E-state index contributed by atoms with van der Waals surface area (Å²) in [4.78, 5) is 12.5. The molecule has 0 fully saturated rings. The van der Waals surface area contributed by atoms with Crippen LogP contribution in [0.4, 0.5) is 10.1 Å². The van der Waals surface area contributed by atoms with E-state index in [1.165, 1.54) is 23.9 Å². The molecule has 0 aliphatic heterocycles. The maximum atomic E-state index is 13.2. The van der Waals surface area contributed by atoms with Gasteiger partial charge in [-0.1, -0.05) is 29.4 Å². The van der Waals surface area contributed by atoms with Gasteiger partial charge in [0.1, 0.15) is 5.82 Å². The van der Waals surface area contributed by atoms with Gasteiger partial charge in [-0.05, 0) is 55.5 Å². The van der Waals surface area contributed by atoms with E-state index < -0.39 is 5.25 Å². The number of nitrogens with zero attached hydrogens (tertiary/aromatic N) is 3. The molecule has 1 atom stereocenters. The summed E-state index contributed by atoms with van der Waals surface area (Å²) < 4.78 is 15.0. The Balaban J connectivity index is 1.77. The van der Waals surface area contributed by atoms with Crippen molar-refractivity contribution in [1.29, 1.82) is 0 Å². The predicted molar refractivity (Wildman–Crippen MR) is 111 cm³/mol. The topological polar surface area (TPSA) is 59.8 Å². The molecule has 2 aromatic carbocycles. The minimum Gasteiger partial charge on any atom is -0.325 e. The molecule has 1 aromatic heterocycles. The number of hydrogen-bond acceptors (Lipinski definition) is 4. The second-order valence-corrected chi connectivity index (χ2v) is 7.71. The second kappa shape index (κ2) is 9.03. The normalized spacial score (nSPS) is 11.8. The first-order valence-electron chi connectivity index (χ1n) is 8.51. The Labute approximate surface area is 171 Å². The van der Waals surface area contributed by atoms with Crippen LogP contribution in [0.15, 0.2) is 66.3 Å². The average molecular weight is 417 g/mol. The molecule has 0 saturated carbocycles. The Kier molecular flexibility index (Phi) is 6.49. The molecule has 1 N–H and O–H groups in total. The molecule has 0 radical (unpaired) electrons. The van der Waals surface area contributed by atoms with Gasteiger partial charge in [-0.25, -0.2) is 4.39 Å². The highest BCUT2D eigenvalue weighted by Gasteiger charge is 2.20. The van der Waals surface area contributed by atoms with Crippen LogP contribution in [0.2, 0.25) is 5.02 Å². The largest absolute Gasteiger partial charge is 0.325 e. The van der Waals surface area contributed by atoms with Crippen molar-refractivity contribution in [3.63, 3.8) is 0 Å². The van der Waals surface area contributed by atoms with Gasteiger partial charge in [-0.15, -0.1) is 16.8 Å². The van der Waals surface area contributed by atoms with Crippen molar-refractivity contribution in [2.75, 3.05) is 5.32 Å². The van der Waals surface area contributed by atoms with E-state index in [9.17, 15) is 9.18 Å². The lowest BCUT2D eigenvalue weighted by molar-refractivity contribution is -0.115. The highest BCUT2D eigenvalue weighted by molar-refractivity contribution is 8.00. The zero-order chi connectivity index (χ0) is 20.1. The first-order chi connectivity index (χ1) is 13.5.